The van der Waals surface area contributed by atoms with Crippen LogP contribution < -0.4 is 9.47 Å². The fourth-order valence-electron chi connectivity index (χ4n) is 2.95. The molecule has 7 heteroatoms. The monoisotopic (exact) mass is 348 g/mol. The summed E-state index contributed by atoms with van der Waals surface area (Å²) < 4.78 is 16.0. The quantitative estimate of drug-likeness (QED) is 0.780. The van der Waals surface area contributed by atoms with Crippen LogP contribution in [0.15, 0.2) is 18.2 Å². The zero-order valence-electron chi connectivity index (χ0n) is 15.1. The van der Waals surface area contributed by atoms with Gasteiger partial charge in [0.15, 0.2) is 11.5 Å². The molecule has 1 aromatic rings. The van der Waals surface area contributed by atoms with E-state index in [0.717, 1.165) is 0 Å². The van der Waals surface area contributed by atoms with E-state index in [9.17, 15) is 9.59 Å². The van der Waals surface area contributed by atoms with E-state index in [1.54, 1.807) is 28.0 Å². The summed E-state index contributed by atoms with van der Waals surface area (Å²) in [6.45, 7) is 9.01. The Morgan fingerprint density at radius 2 is 1.88 bits per heavy atom. The van der Waals surface area contributed by atoms with Crippen LogP contribution in [0.2, 0.25) is 0 Å². The molecule has 2 heterocycles. The van der Waals surface area contributed by atoms with Crippen molar-refractivity contribution in [3.8, 4) is 11.5 Å². The highest BCUT2D eigenvalue weighted by Crippen LogP contribution is 2.33. The molecule has 0 saturated carbocycles. The summed E-state index contributed by atoms with van der Waals surface area (Å²) in [6.07, 6.45) is -0.338. The van der Waals surface area contributed by atoms with E-state index in [-0.39, 0.29) is 24.8 Å². The molecule has 25 heavy (non-hydrogen) atoms. The van der Waals surface area contributed by atoms with Crippen LogP contribution in [0, 0.1) is 0 Å². The van der Waals surface area contributed by atoms with Gasteiger partial charge >= 0.3 is 6.09 Å². The lowest BCUT2D eigenvalue weighted by atomic mass is 10.1. The van der Waals surface area contributed by atoms with E-state index in [0.29, 0.717) is 36.7 Å². The van der Waals surface area contributed by atoms with Crippen LogP contribution >= 0.6 is 0 Å². The van der Waals surface area contributed by atoms with Crippen molar-refractivity contribution in [1.82, 2.24) is 9.80 Å². The summed E-state index contributed by atoms with van der Waals surface area (Å²) >= 11 is 0. The van der Waals surface area contributed by atoms with Crippen LogP contribution in [0.25, 0.3) is 0 Å². The lowest BCUT2D eigenvalue weighted by molar-refractivity contribution is 0.00198. The van der Waals surface area contributed by atoms with E-state index in [2.05, 4.69) is 0 Å². The van der Waals surface area contributed by atoms with Crippen molar-refractivity contribution in [2.75, 3.05) is 26.4 Å². The van der Waals surface area contributed by atoms with Gasteiger partial charge in [0.2, 0.25) is 6.79 Å². The molecule has 1 unspecified atom stereocenters. The first-order chi connectivity index (χ1) is 11.7. The summed E-state index contributed by atoms with van der Waals surface area (Å²) in [5, 5.41) is 0. The normalized spacial score (nSPS) is 19.8. The van der Waals surface area contributed by atoms with Gasteiger partial charge < -0.3 is 24.0 Å². The Kier molecular flexibility index (Phi) is 4.49. The molecular formula is C18H24N2O5. The predicted molar refractivity (Wildman–Crippen MR) is 90.9 cm³/mol. The molecule has 1 atom stereocenters. The third-order valence-corrected chi connectivity index (χ3v) is 4.16. The van der Waals surface area contributed by atoms with Crippen LogP contribution in [0.1, 0.15) is 38.1 Å². The second kappa shape index (κ2) is 6.46. The van der Waals surface area contributed by atoms with Crippen molar-refractivity contribution in [3.63, 3.8) is 0 Å². The number of hydrogen-bond acceptors (Lipinski definition) is 5. The number of piperazine rings is 1. The molecule has 0 bridgehead atoms. The van der Waals surface area contributed by atoms with Gasteiger partial charge in [-0.2, -0.15) is 0 Å². The minimum Gasteiger partial charge on any atom is -0.454 e. The molecule has 0 aromatic heterocycles. The topological polar surface area (TPSA) is 68.3 Å². The average molecular weight is 348 g/mol. The second-order valence-corrected chi connectivity index (χ2v) is 7.34. The van der Waals surface area contributed by atoms with Gasteiger partial charge in [-0.1, -0.05) is 0 Å². The Balaban J connectivity index is 1.64. The SMILES string of the molecule is CC1CN(C(=O)c2ccc3c(c2)OCO3)CCN1C(=O)OC(C)(C)C. The number of fused-ring (bicyclic) bond motifs is 1. The fraction of sp³-hybridized carbons (Fsp3) is 0.556. The molecule has 3 rings (SSSR count). The largest absolute Gasteiger partial charge is 0.454 e. The van der Waals surface area contributed by atoms with Crippen molar-refractivity contribution in [2.24, 2.45) is 0 Å². The summed E-state index contributed by atoms with van der Waals surface area (Å²) in [5.41, 5.74) is 0.0261. The molecule has 0 N–H and O–H groups in total. The highest BCUT2D eigenvalue weighted by Gasteiger charge is 2.33. The van der Waals surface area contributed by atoms with Crippen molar-refractivity contribution < 1.29 is 23.8 Å². The Bertz CT molecular complexity index is 683. The lowest BCUT2D eigenvalue weighted by Gasteiger charge is -2.40. The standard InChI is InChI=1S/C18H24N2O5/c1-12-10-19(7-8-20(12)17(22)25-18(2,3)4)16(21)13-5-6-14-15(9-13)24-11-23-14/h5-6,9,12H,7-8,10-11H2,1-4H3. The lowest BCUT2D eigenvalue weighted by Crippen LogP contribution is -2.56. The first-order valence-electron chi connectivity index (χ1n) is 8.43. The molecular weight excluding hydrogens is 324 g/mol. The van der Waals surface area contributed by atoms with Crippen LogP contribution in [-0.4, -0.2) is 59.9 Å². The predicted octanol–water partition coefficient (Wildman–Crippen LogP) is 2.50. The highest BCUT2D eigenvalue weighted by molar-refractivity contribution is 5.95. The Morgan fingerprint density at radius 3 is 2.56 bits per heavy atom. The van der Waals surface area contributed by atoms with Crippen molar-refractivity contribution in [2.45, 2.75) is 39.3 Å². The van der Waals surface area contributed by atoms with Gasteiger partial charge in [0.25, 0.3) is 5.91 Å². The zero-order valence-corrected chi connectivity index (χ0v) is 15.1. The fourth-order valence-corrected chi connectivity index (χ4v) is 2.95. The maximum atomic E-state index is 12.7. The number of hydrogen-bond donors (Lipinski definition) is 0. The van der Waals surface area contributed by atoms with Crippen LogP contribution in [0.4, 0.5) is 4.79 Å². The molecule has 1 aromatic carbocycles. The van der Waals surface area contributed by atoms with E-state index < -0.39 is 5.60 Å². The van der Waals surface area contributed by atoms with E-state index in [4.69, 9.17) is 14.2 Å². The number of carbonyl (C=O) groups is 2. The Hall–Kier alpha value is -2.44. The van der Waals surface area contributed by atoms with Crippen LogP contribution in [-0.2, 0) is 4.74 Å². The number of carbonyl (C=O) groups excluding carboxylic acids is 2. The van der Waals surface area contributed by atoms with Crippen molar-refractivity contribution in [1.29, 1.82) is 0 Å². The number of rotatable bonds is 1. The highest BCUT2D eigenvalue weighted by atomic mass is 16.7. The van der Waals surface area contributed by atoms with Gasteiger partial charge in [0.05, 0.1) is 0 Å². The number of amides is 2. The van der Waals surface area contributed by atoms with Gasteiger partial charge in [-0.05, 0) is 45.9 Å². The number of nitrogens with zero attached hydrogens (tertiary/aromatic N) is 2. The number of benzene rings is 1. The van der Waals surface area contributed by atoms with Gasteiger partial charge in [-0.15, -0.1) is 0 Å². The zero-order chi connectivity index (χ0) is 18.2. The summed E-state index contributed by atoms with van der Waals surface area (Å²) in [6, 6.07) is 5.08. The Labute approximate surface area is 147 Å². The smallest absolute Gasteiger partial charge is 0.410 e. The molecule has 1 fully saturated rings. The average Bonchev–Trinajstić information content (AvgIpc) is 2.99. The van der Waals surface area contributed by atoms with E-state index >= 15 is 0 Å². The maximum absolute atomic E-state index is 12.7. The first kappa shape index (κ1) is 17.4. The third-order valence-electron chi connectivity index (χ3n) is 4.16. The van der Waals surface area contributed by atoms with Crippen molar-refractivity contribution in [3.05, 3.63) is 23.8 Å². The van der Waals surface area contributed by atoms with Crippen LogP contribution in [0.3, 0.4) is 0 Å². The van der Waals surface area contributed by atoms with Gasteiger partial charge in [-0.3, -0.25) is 4.79 Å². The summed E-state index contributed by atoms with van der Waals surface area (Å²) in [7, 11) is 0. The Morgan fingerprint density at radius 1 is 1.16 bits per heavy atom. The molecule has 2 aliphatic heterocycles. The van der Waals surface area contributed by atoms with Gasteiger partial charge in [0.1, 0.15) is 5.60 Å². The summed E-state index contributed by atoms with van der Waals surface area (Å²) in [5.74, 6) is 1.17. The molecule has 2 aliphatic rings. The molecule has 0 aliphatic carbocycles. The molecule has 1 saturated heterocycles. The molecule has 2 amide bonds. The summed E-state index contributed by atoms with van der Waals surface area (Å²) in [4.78, 5) is 28.4. The molecule has 0 spiro atoms. The third kappa shape index (κ3) is 3.81. The first-order valence-corrected chi connectivity index (χ1v) is 8.43. The maximum Gasteiger partial charge on any atom is 0.410 e. The second-order valence-electron chi connectivity index (χ2n) is 7.34. The van der Waals surface area contributed by atoms with E-state index in [1.165, 1.54) is 0 Å². The molecule has 136 valence electrons. The molecule has 7 nitrogen and oxygen atoms in total. The minimum atomic E-state index is -0.532. The molecule has 0 radical (unpaired) electrons. The van der Waals surface area contributed by atoms with Crippen molar-refractivity contribution >= 4 is 12.0 Å². The number of ether oxygens (including phenoxy) is 3. The van der Waals surface area contributed by atoms with Crippen LogP contribution in [0.5, 0.6) is 11.5 Å². The minimum absolute atomic E-state index is 0.0750. The van der Waals surface area contributed by atoms with Gasteiger partial charge in [0, 0.05) is 31.2 Å². The van der Waals surface area contributed by atoms with Gasteiger partial charge in [-0.25, -0.2) is 4.79 Å². The van der Waals surface area contributed by atoms with E-state index in [1.807, 2.05) is 27.7 Å².